The number of aliphatic hydroxyl groups is 4. The Morgan fingerprint density at radius 2 is 1.77 bits per heavy atom. The number of benzene rings is 1. The average molecular weight is 569 g/mol. The highest BCUT2D eigenvalue weighted by Gasteiger charge is 2.48. The standard InChI is InChI=1S/C27H36O13/c1-4-17-18(11-21(30)38-16-7-5-15(6-8-16)9-10-36-14(2)29)19(25(34)35-3)13-37-26(17)40-27-24(33)23(32)22(31)20(12-28)39-27/h4-8,18-20,22-24,26-28,31-33H,9-13H2,1-3H3/b17-4-. The molecule has 1 aromatic rings. The van der Waals surface area contributed by atoms with Crippen molar-refractivity contribution < 1.29 is 63.2 Å². The number of carbonyl (C=O) groups excluding carboxylic acids is 3. The van der Waals surface area contributed by atoms with Crippen LogP contribution in [0.1, 0.15) is 25.8 Å². The lowest BCUT2D eigenvalue weighted by Gasteiger charge is -2.43. The highest BCUT2D eigenvalue weighted by atomic mass is 16.8. The van der Waals surface area contributed by atoms with E-state index in [-0.39, 0.29) is 31.4 Å². The zero-order valence-corrected chi connectivity index (χ0v) is 22.5. The van der Waals surface area contributed by atoms with Gasteiger partial charge in [-0.2, -0.15) is 0 Å². The molecule has 2 aliphatic heterocycles. The van der Waals surface area contributed by atoms with Gasteiger partial charge in [-0.25, -0.2) is 0 Å². The molecule has 0 aliphatic carbocycles. The van der Waals surface area contributed by atoms with Crippen LogP contribution >= 0.6 is 0 Å². The third kappa shape index (κ3) is 7.85. The number of esters is 3. The summed E-state index contributed by atoms with van der Waals surface area (Å²) in [5.74, 6) is -2.98. The molecular weight excluding hydrogens is 532 g/mol. The summed E-state index contributed by atoms with van der Waals surface area (Å²) in [6.07, 6.45) is -6.92. The zero-order valence-electron chi connectivity index (χ0n) is 22.5. The molecule has 0 aromatic heterocycles. The predicted octanol–water partition coefficient (Wildman–Crippen LogP) is -0.388. The quantitative estimate of drug-likeness (QED) is 0.163. The van der Waals surface area contributed by atoms with Crippen LogP contribution in [0.15, 0.2) is 35.9 Å². The molecule has 222 valence electrons. The monoisotopic (exact) mass is 568 g/mol. The van der Waals surface area contributed by atoms with Gasteiger partial charge in [0.05, 0.1) is 39.3 Å². The predicted molar refractivity (Wildman–Crippen MR) is 134 cm³/mol. The molecule has 3 rings (SSSR count). The van der Waals surface area contributed by atoms with E-state index in [2.05, 4.69) is 0 Å². The minimum absolute atomic E-state index is 0.193. The van der Waals surface area contributed by atoms with E-state index in [0.29, 0.717) is 12.0 Å². The second kappa shape index (κ2) is 14.6. The molecule has 0 radical (unpaired) electrons. The number of carbonyl (C=O) groups is 3. The first-order chi connectivity index (χ1) is 19.1. The molecule has 0 spiro atoms. The summed E-state index contributed by atoms with van der Waals surface area (Å²) in [4.78, 5) is 36.4. The smallest absolute Gasteiger partial charge is 0.311 e. The molecule has 4 N–H and O–H groups in total. The number of allylic oxidation sites excluding steroid dienone is 1. The number of aliphatic hydroxyl groups excluding tert-OH is 4. The summed E-state index contributed by atoms with van der Waals surface area (Å²) in [6.45, 7) is 2.37. The molecule has 8 unspecified atom stereocenters. The van der Waals surface area contributed by atoms with Gasteiger partial charge in [0.1, 0.15) is 30.2 Å². The minimum Gasteiger partial charge on any atom is -0.469 e. The molecule has 13 nitrogen and oxygen atoms in total. The Balaban J connectivity index is 1.70. The van der Waals surface area contributed by atoms with Crippen LogP contribution in [0.25, 0.3) is 0 Å². The van der Waals surface area contributed by atoms with Gasteiger partial charge in [-0.1, -0.05) is 18.2 Å². The van der Waals surface area contributed by atoms with E-state index in [4.69, 9.17) is 28.4 Å². The molecule has 40 heavy (non-hydrogen) atoms. The van der Waals surface area contributed by atoms with Gasteiger partial charge in [-0.3, -0.25) is 14.4 Å². The third-order valence-electron chi connectivity index (χ3n) is 6.79. The fourth-order valence-corrected chi connectivity index (χ4v) is 4.61. The van der Waals surface area contributed by atoms with Crippen LogP contribution in [0.3, 0.4) is 0 Å². The van der Waals surface area contributed by atoms with E-state index in [1.54, 1.807) is 37.3 Å². The second-order valence-corrected chi connectivity index (χ2v) is 9.44. The van der Waals surface area contributed by atoms with Gasteiger partial charge >= 0.3 is 17.9 Å². The third-order valence-corrected chi connectivity index (χ3v) is 6.79. The Morgan fingerprint density at radius 1 is 1.07 bits per heavy atom. The van der Waals surface area contributed by atoms with Crippen LogP contribution in [-0.2, 0) is 44.5 Å². The molecule has 2 fully saturated rings. The Hall–Kier alpha value is -2.91. The lowest BCUT2D eigenvalue weighted by Crippen LogP contribution is -2.60. The summed E-state index contributed by atoms with van der Waals surface area (Å²) >= 11 is 0. The molecule has 2 aliphatic rings. The van der Waals surface area contributed by atoms with Gasteiger partial charge in [0.25, 0.3) is 0 Å². The molecule has 0 saturated carbocycles. The molecule has 0 amide bonds. The van der Waals surface area contributed by atoms with E-state index in [0.717, 1.165) is 5.56 Å². The summed E-state index contributed by atoms with van der Waals surface area (Å²) in [7, 11) is 1.21. The first-order valence-electron chi connectivity index (χ1n) is 12.8. The first kappa shape index (κ1) is 31.6. The molecule has 1 aromatic carbocycles. The second-order valence-electron chi connectivity index (χ2n) is 9.44. The van der Waals surface area contributed by atoms with Crippen LogP contribution < -0.4 is 4.74 Å². The number of ether oxygens (including phenoxy) is 6. The van der Waals surface area contributed by atoms with Crippen LogP contribution in [0, 0.1) is 11.8 Å². The van der Waals surface area contributed by atoms with Crippen molar-refractivity contribution in [3.63, 3.8) is 0 Å². The summed E-state index contributed by atoms with van der Waals surface area (Å²) < 4.78 is 32.2. The maximum absolute atomic E-state index is 12.9. The normalized spacial score (nSPS) is 31.4. The molecule has 2 heterocycles. The lowest BCUT2D eigenvalue weighted by molar-refractivity contribution is -0.335. The number of hydrogen-bond donors (Lipinski definition) is 4. The van der Waals surface area contributed by atoms with E-state index in [1.807, 2.05) is 0 Å². The van der Waals surface area contributed by atoms with Gasteiger partial charge in [0.2, 0.25) is 0 Å². The van der Waals surface area contributed by atoms with Crippen molar-refractivity contribution in [2.24, 2.45) is 11.8 Å². The Bertz CT molecular complexity index is 1040. The Kier molecular flexibility index (Phi) is 11.6. The van der Waals surface area contributed by atoms with E-state index >= 15 is 0 Å². The molecule has 0 bridgehead atoms. The van der Waals surface area contributed by atoms with Crippen molar-refractivity contribution in [3.8, 4) is 5.75 Å². The molecule has 8 atom stereocenters. The van der Waals surface area contributed by atoms with Gasteiger partial charge in [-0.15, -0.1) is 0 Å². The van der Waals surface area contributed by atoms with E-state index < -0.39 is 67.4 Å². The largest absolute Gasteiger partial charge is 0.469 e. The van der Waals surface area contributed by atoms with Crippen molar-refractivity contribution >= 4 is 17.9 Å². The number of rotatable bonds is 10. The number of methoxy groups -OCH3 is 1. The summed E-state index contributed by atoms with van der Waals surface area (Å²) in [5, 5.41) is 39.9. The van der Waals surface area contributed by atoms with E-state index in [9.17, 15) is 34.8 Å². The van der Waals surface area contributed by atoms with Crippen LogP contribution in [0.5, 0.6) is 5.75 Å². The minimum atomic E-state index is -1.67. The maximum Gasteiger partial charge on any atom is 0.311 e. The SMILES string of the molecule is C/C=C1\C(OC2OC(CO)C(O)C(O)C2O)OCC(C(=O)OC)C1CC(=O)Oc1ccc(CCOC(C)=O)cc1. The summed E-state index contributed by atoms with van der Waals surface area (Å²) in [6, 6.07) is 6.67. The van der Waals surface area contributed by atoms with Crippen LogP contribution in [-0.4, -0.2) is 102 Å². The molecule has 13 heteroatoms. The summed E-state index contributed by atoms with van der Waals surface area (Å²) in [5.41, 5.74) is 1.25. The van der Waals surface area contributed by atoms with Crippen LogP contribution in [0.2, 0.25) is 0 Å². The van der Waals surface area contributed by atoms with Gasteiger partial charge in [0.15, 0.2) is 12.6 Å². The van der Waals surface area contributed by atoms with Gasteiger partial charge in [0, 0.05) is 19.3 Å². The lowest BCUT2D eigenvalue weighted by atomic mass is 9.81. The highest BCUT2D eigenvalue weighted by Crippen LogP contribution is 2.37. The first-order valence-corrected chi connectivity index (χ1v) is 12.8. The number of hydrogen-bond acceptors (Lipinski definition) is 13. The van der Waals surface area contributed by atoms with Gasteiger partial charge < -0.3 is 48.8 Å². The zero-order chi connectivity index (χ0) is 29.4. The van der Waals surface area contributed by atoms with Crippen LogP contribution in [0.4, 0.5) is 0 Å². The van der Waals surface area contributed by atoms with E-state index in [1.165, 1.54) is 14.0 Å². The van der Waals surface area contributed by atoms with Crippen molar-refractivity contribution in [2.45, 2.75) is 63.7 Å². The maximum atomic E-state index is 12.9. The van der Waals surface area contributed by atoms with Crippen molar-refractivity contribution in [3.05, 3.63) is 41.5 Å². The van der Waals surface area contributed by atoms with Crippen molar-refractivity contribution in [1.29, 1.82) is 0 Å². The topological polar surface area (TPSA) is 188 Å². The highest BCUT2D eigenvalue weighted by molar-refractivity contribution is 5.77. The Morgan fingerprint density at radius 3 is 2.38 bits per heavy atom. The van der Waals surface area contributed by atoms with Crippen molar-refractivity contribution in [1.82, 2.24) is 0 Å². The fraction of sp³-hybridized carbons (Fsp3) is 0.593. The average Bonchev–Trinajstić information content (AvgIpc) is 2.93. The molecule has 2 saturated heterocycles. The van der Waals surface area contributed by atoms with Gasteiger partial charge in [-0.05, 0) is 30.2 Å². The van der Waals surface area contributed by atoms with Crippen molar-refractivity contribution in [2.75, 3.05) is 26.9 Å². The molecular formula is C27H36O13. The fourth-order valence-electron chi connectivity index (χ4n) is 4.61. The Labute approximate surface area is 231 Å².